The van der Waals surface area contributed by atoms with Crippen LogP contribution in [-0.2, 0) is 11.2 Å². The van der Waals surface area contributed by atoms with Crippen LogP contribution in [0.1, 0.15) is 19.4 Å². The van der Waals surface area contributed by atoms with Crippen molar-refractivity contribution >= 4 is 5.91 Å². The molecule has 1 unspecified atom stereocenters. The van der Waals surface area contributed by atoms with Crippen LogP contribution in [0, 0.1) is 5.41 Å². The van der Waals surface area contributed by atoms with Crippen LogP contribution in [0.3, 0.4) is 0 Å². The monoisotopic (exact) mass is 289 g/mol. The van der Waals surface area contributed by atoms with Crippen LogP contribution in [0.2, 0.25) is 0 Å². The molecular weight excluding hydrogens is 262 g/mol. The van der Waals surface area contributed by atoms with Gasteiger partial charge in [0.15, 0.2) is 0 Å². The molecule has 1 aliphatic heterocycles. The third-order valence-electron chi connectivity index (χ3n) is 3.78. The van der Waals surface area contributed by atoms with E-state index in [0.29, 0.717) is 6.67 Å². The minimum absolute atomic E-state index is 0.0810. The van der Waals surface area contributed by atoms with E-state index in [2.05, 4.69) is 50.3 Å². The maximum atomic E-state index is 12.5. The van der Waals surface area contributed by atoms with Gasteiger partial charge in [0.25, 0.3) is 0 Å². The molecule has 116 valence electrons. The lowest BCUT2D eigenvalue weighted by molar-refractivity contribution is -0.130. The van der Waals surface area contributed by atoms with E-state index in [4.69, 9.17) is 0 Å². The molecule has 0 bridgehead atoms. The van der Waals surface area contributed by atoms with Crippen LogP contribution >= 0.6 is 0 Å². The second-order valence-electron chi connectivity index (χ2n) is 7.04. The zero-order valence-corrected chi connectivity index (χ0v) is 13.6. The normalized spacial score (nSPS) is 19.6. The highest BCUT2D eigenvalue weighted by molar-refractivity contribution is 5.84. The van der Waals surface area contributed by atoms with Gasteiger partial charge in [-0.1, -0.05) is 44.2 Å². The molecule has 4 heteroatoms. The van der Waals surface area contributed by atoms with Gasteiger partial charge in [0.05, 0.1) is 12.7 Å². The van der Waals surface area contributed by atoms with Gasteiger partial charge in [-0.2, -0.15) is 0 Å². The fourth-order valence-electron chi connectivity index (χ4n) is 3.17. The molecule has 2 rings (SSSR count). The summed E-state index contributed by atoms with van der Waals surface area (Å²) in [6.45, 7) is 6.85. The van der Waals surface area contributed by atoms with Crippen molar-refractivity contribution in [3.63, 3.8) is 0 Å². The van der Waals surface area contributed by atoms with E-state index in [0.717, 1.165) is 19.5 Å². The van der Waals surface area contributed by atoms with Gasteiger partial charge in [-0.3, -0.25) is 10.1 Å². The van der Waals surface area contributed by atoms with Crippen molar-refractivity contribution in [2.24, 2.45) is 5.41 Å². The van der Waals surface area contributed by atoms with E-state index in [1.165, 1.54) is 5.56 Å². The zero-order valence-electron chi connectivity index (χ0n) is 13.6. The summed E-state index contributed by atoms with van der Waals surface area (Å²) in [7, 11) is 4.15. The summed E-state index contributed by atoms with van der Waals surface area (Å²) in [5.74, 6) is 0.227. The molecule has 1 saturated heterocycles. The molecule has 1 atom stereocenters. The van der Waals surface area contributed by atoms with Crippen LogP contribution in [0.25, 0.3) is 0 Å². The number of nitrogens with one attached hydrogen (secondary N) is 1. The first kappa shape index (κ1) is 16.0. The van der Waals surface area contributed by atoms with Crippen molar-refractivity contribution in [2.75, 3.05) is 33.9 Å². The molecule has 0 spiro atoms. The van der Waals surface area contributed by atoms with Gasteiger partial charge in [0, 0.05) is 13.1 Å². The molecule has 0 saturated carbocycles. The number of amides is 1. The Morgan fingerprint density at radius 3 is 2.57 bits per heavy atom. The Kier molecular flexibility index (Phi) is 5.01. The lowest BCUT2D eigenvalue weighted by Crippen LogP contribution is -2.42. The molecule has 0 radical (unpaired) electrons. The number of hydrogen-bond acceptors (Lipinski definition) is 3. The van der Waals surface area contributed by atoms with Crippen LogP contribution < -0.4 is 5.32 Å². The number of carbonyl (C=O) groups is 1. The Morgan fingerprint density at radius 1 is 1.29 bits per heavy atom. The van der Waals surface area contributed by atoms with Gasteiger partial charge >= 0.3 is 0 Å². The van der Waals surface area contributed by atoms with Gasteiger partial charge in [0.1, 0.15) is 0 Å². The second-order valence-corrected chi connectivity index (χ2v) is 7.04. The van der Waals surface area contributed by atoms with Gasteiger partial charge in [-0.05, 0) is 31.5 Å². The van der Waals surface area contributed by atoms with E-state index in [9.17, 15) is 4.79 Å². The zero-order chi connectivity index (χ0) is 15.5. The first-order valence-corrected chi connectivity index (χ1v) is 7.58. The molecule has 1 aromatic carbocycles. The third kappa shape index (κ3) is 4.55. The SMILES string of the molecule is CN(C)CC(C)(C)CN1CNC(Cc2ccccc2)C1=O. The Hall–Kier alpha value is -1.39. The standard InChI is InChI=1S/C17H27N3O/c1-17(2,11-19(3)4)12-20-13-18-15(16(20)21)10-14-8-6-5-7-9-14/h5-9,15,18H,10-13H2,1-4H3. The van der Waals surface area contributed by atoms with Crippen molar-refractivity contribution in [3.8, 4) is 0 Å². The molecule has 21 heavy (non-hydrogen) atoms. The van der Waals surface area contributed by atoms with Crippen molar-refractivity contribution in [2.45, 2.75) is 26.3 Å². The molecular formula is C17H27N3O. The average Bonchev–Trinajstić information content (AvgIpc) is 2.71. The van der Waals surface area contributed by atoms with E-state index in [-0.39, 0.29) is 17.4 Å². The van der Waals surface area contributed by atoms with Gasteiger partial charge < -0.3 is 9.80 Å². The molecule has 1 aliphatic rings. The van der Waals surface area contributed by atoms with Crippen LogP contribution in [-0.4, -0.2) is 55.6 Å². The van der Waals surface area contributed by atoms with Gasteiger partial charge in [-0.15, -0.1) is 0 Å². The first-order valence-electron chi connectivity index (χ1n) is 7.58. The predicted octanol–water partition coefficient (Wildman–Crippen LogP) is 1.57. The Labute approximate surface area is 128 Å². The molecule has 1 fully saturated rings. The maximum absolute atomic E-state index is 12.5. The first-order chi connectivity index (χ1) is 9.87. The summed E-state index contributed by atoms with van der Waals surface area (Å²) in [6, 6.07) is 10.1. The summed E-state index contributed by atoms with van der Waals surface area (Å²) in [4.78, 5) is 16.7. The number of rotatable bonds is 6. The molecule has 1 aromatic rings. The molecule has 1 heterocycles. The molecule has 1 amide bonds. The molecule has 1 N–H and O–H groups in total. The molecule has 4 nitrogen and oxygen atoms in total. The van der Waals surface area contributed by atoms with E-state index in [1.54, 1.807) is 0 Å². The van der Waals surface area contributed by atoms with E-state index in [1.807, 2.05) is 23.1 Å². The number of benzene rings is 1. The summed E-state index contributed by atoms with van der Waals surface area (Å²) >= 11 is 0. The topological polar surface area (TPSA) is 35.6 Å². The Bertz CT molecular complexity index is 470. The summed E-state index contributed by atoms with van der Waals surface area (Å²) < 4.78 is 0. The lowest BCUT2D eigenvalue weighted by Gasteiger charge is -2.32. The minimum Gasteiger partial charge on any atom is -0.328 e. The van der Waals surface area contributed by atoms with Crippen molar-refractivity contribution in [1.82, 2.24) is 15.1 Å². The maximum Gasteiger partial charge on any atom is 0.241 e. The molecule has 0 aliphatic carbocycles. The van der Waals surface area contributed by atoms with E-state index >= 15 is 0 Å². The van der Waals surface area contributed by atoms with Crippen LogP contribution in [0.15, 0.2) is 30.3 Å². The Balaban J connectivity index is 1.92. The van der Waals surface area contributed by atoms with Gasteiger partial charge in [0.2, 0.25) is 5.91 Å². The average molecular weight is 289 g/mol. The summed E-state index contributed by atoms with van der Waals surface area (Å²) in [6.07, 6.45) is 0.768. The smallest absolute Gasteiger partial charge is 0.241 e. The summed E-state index contributed by atoms with van der Waals surface area (Å²) in [5, 5.41) is 3.34. The highest BCUT2D eigenvalue weighted by Gasteiger charge is 2.34. The van der Waals surface area contributed by atoms with Gasteiger partial charge in [-0.25, -0.2) is 0 Å². The highest BCUT2D eigenvalue weighted by atomic mass is 16.2. The Morgan fingerprint density at radius 2 is 1.95 bits per heavy atom. The van der Waals surface area contributed by atoms with Crippen molar-refractivity contribution in [1.29, 1.82) is 0 Å². The lowest BCUT2D eigenvalue weighted by atomic mass is 9.92. The predicted molar refractivity (Wildman–Crippen MR) is 86.0 cm³/mol. The molecule has 0 aromatic heterocycles. The quantitative estimate of drug-likeness (QED) is 0.863. The van der Waals surface area contributed by atoms with E-state index < -0.39 is 0 Å². The number of nitrogens with zero attached hydrogens (tertiary/aromatic N) is 2. The fourth-order valence-corrected chi connectivity index (χ4v) is 3.17. The van der Waals surface area contributed by atoms with Crippen molar-refractivity contribution in [3.05, 3.63) is 35.9 Å². The number of hydrogen-bond donors (Lipinski definition) is 1. The van der Waals surface area contributed by atoms with Crippen LogP contribution in [0.4, 0.5) is 0 Å². The van der Waals surface area contributed by atoms with Crippen molar-refractivity contribution < 1.29 is 4.79 Å². The highest BCUT2D eigenvalue weighted by Crippen LogP contribution is 2.20. The summed E-state index contributed by atoms with van der Waals surface area (Å²) in [5.41, 5.74) is 1.31. The number of carbonyl (C=O) groups excluding carboxylic acids is 1. The second kappa shape index (κ2) is 6.58. The third-order valence-corrected chi connectivity index (χ3v) is 3.78. The largest absolute Gasteiger partial charge is 0.328 e. The fraction of sp³-hybridized carbons (Fsp3) is 0.588. The van der Waals surface area contributed by atoms with Crippen LogP contribution in [0.5, 0.6) is 0 Å². The minimum atomic E-state index is -0.0810.